The first-order valence-corrected chi connectivity index (χ1v) is 8.74. The number of rotatable bonds is 5. The number of hydrogen-bond acceptors (Lipinski definition) is 5. The first-order valence-electron chi connectivity index (χ1n) is 8.74. The zero-order valence-corrected chi connectivity index (χ0v) is 14.4. The zero-order chi connectivity index (χ0) is 18.6. The lowest BCUT2D eigenvalue weighted by Crippen LogP contribution is -2.44. The fraction of sp³-hybridized carbons (Fsp3) is 0.647. The van der Waals surface area contributed by atoms with Gasteiger partial charge < -0.3 is 15.4 Å². The van der Waals surface area contributed by atoms with E-state index in [1.807, 2.05) is 0 Å². The molecule has 1 aromatic heterocycles. The van der Waals surface area contributed by atoms with Gasteiger partial charge in [0.25, 0.3) is 11.8 Å². The van der Waals surface area contributed by atoms with Gasteiger partial charge in [0.2, 0.25) is 11.8 Å². The Morgan fingerprint density at radius 1 is 1.15 bits per heavy atom. The second kappa shape index (κ2) is 5.85. The van der Waals surface area contributed by atoms with Gasteiger partial charge in [0.1, 0.15) is 6.04 Å². The minimum Gasteiger partial charge on any atom is -0.479 e. The first kappa shape index (κ1) is 17.1. The number of nitrogens with two attached hydrogens (primary N) is 1. The molecular weight excluding hydrogens is 346 g/mol. The Hall–Kier alpha value is -2.32. The molecule has 2 aliphatic carbocycles. The number of ether oxygens (including phenoxy) is 1. The molecule has 2 saturated carbocycles. The number of amides is 2. The topological polar surface area (TPSA) is 98.4 Å². The van der Waals surface area contributed by atoms with Crippen LogP contribution in [0.4, 0.5) is 8.78 Å². The summed E-state index contributed by atoms with van der Waals surface area (Å²) in [5.74, 6) is -4.32. The fourth-order valence-electron chi connectivity index (χ4n) is 3.46. The number of carbonyl (C=O) groups excluding carboxylic acids is 2. The quantitative estimate of drug-likeness (QED) is 0.853. The van der Waals surface area contributed by atoms with Crippen LogP contribution in [0.15, 0.2) is 0 Å². The lowest BCUT2D eigenvalue weighted by atomic mass is 10.1. The SMILES string of the molecule is COc1nc(C2CC2)c(C2CC2)nc1C(=O)N1CC(F)(F)C[C@H]1C(N)=O. The van der Waals surface area contributed by atoms with Crippen molar-refractivity contribution in [2.45, 2.75) is 55.9 Å². The monoisotopic (exact) mass is 366 g/mol. The summed E-state index contributed by atoms with van der Waals surface area (Å²) in [7, 11) is 1.36. The van der Waals surface area contributed by atoms with Crippen molar-refractivity contribution in [1.82, 2.24) is 14.9 Å². The van der Waals surface area contributed by atoms with E-state index in [0.717, 1.165) is 42.0 Å². The van der Waals surface area contributed by atoms with E-state index in [1.54, 1.807) is 0 Å². The van der Waals surface area contributed by atoms with Gasteiger partial charge in [0.05, 0.1) is 25.0 Å². The highest BCUT2D eigenvalue weighted by Crippen LogP contribution is 2.48. The molecule has 4 rings (SSSR count). The van der Waals surface area contributed by atoms with E-state index < -0.39 is 36.7 Å². The van der Waals surface area contributed by atoms with Crippen molar-refractivity contribution >= 4 is 11.8 Å². The number of alkyl halides is 2. The van der Waals surface area contributed by atoms with Crippen LogP contribution in [0.2, 0.25) is 0 Å². The second-order valence-corrected chi connectivity index (χ2v) is 7.31. The van der Waals surface area contributed by atoms with Gasteiger partial charge in [0.15, 0.2) is 5.69 Å². The van der Waals surface area contributed by atoms with Gasteiger partial charge in [-0.25, -0.2) is 18.7 Å². The van der Waals surface area contributed by atoms with Crippen molar-refractivity contribution in [2.24, 2.45) is 5.73 Å². The lowest BCUT2D eigenvalue weighted by Gasteiger charge is -2.22. The van der Waals surface area contributed by atoms with Gasteiger partial charge in [-0.15, -0.1) is 0 Å². The molecule has 0 bridgehead atoms. The normalized spacial score (nSPS) is 24.6. The summed E-state index contributed by atoms with van der Waals surface area (Å²) in [5, 5.41) is 0. The molecule has 26 heavy (non-hydrogen) atoms. The zero-order valence-electron chi connectivity index (χ0n) is 14.4. The predicted octanol–water partition coefficient (Wildman–Crippen LogP) is 1.58. The van der Waals surface area contributed by atoms with Crippen molar-refractivity contribution in [2.75, 3.05) is 13.7 Å². The predicted molar refractivity (Wildman–Crippen MR) is 86.1 cm³/mol. The van der Waals surface area contributed by atoms with E-state index in [-0.39, 0.29) is 17.5 Å². The van der Waals surface area contributed by atoms with Crippen molar-refractivity contribution < 1.29 is 23.1 Å². The second-order valence-electron chi connectivity index (χ2n) is 7.31. The van der Waals surface area contributed by atoms with Crippen LogP contribution in [0.5, 0.6) is 5.88 Å². The highest BCUT2D eigenvalue weighted by molar-refractivity contribution is 5.98. The Balaban J connectivity index is 1.73. The van der Waals surface area contributed by atoms with Crippen LogP contribution in [0.25, 0.3) is 0 Å². The average molecular weight is 366 g/mol. The number of likely N-dealkylation sites (tertiary alicyclic amines) is 1. The molecule has 2 amide bonds. The Kier molecular flexibility index (Phi) is 3.85. The van der Waals surface area contributed by atoms with Crippen LogP contribution in [-0.2, 0) is 4.79 Å². The Morgan fingerprint density at radius 2 is 1.73 bits per heavy atom. The summed E-state index contributed by atoms with van der Waals surface area (Å²) in [4.78, 5) is 34.2. The van der Waals surface area contributed by atoms with Crippen molar-refractivity contribution in [3.8, 4) is 5.88 Å². The molecule has 1 aromatic rings. The number of nitrogens with zero attached hydrogens (tertiary/aromatic N) is 3. The number of methoxy groups -OCH3 is 1. The van der Waals surface area contributed by atoms with Crippen molar-refractivity contribution in [3.05, 3.63) is 17.1 Å². The number of primary amides is 1. The van der Waals surface area contributed by atoms with E-state index in [0.29, 0.717) is 5.92 Å². The van der Waals surface area contributed by atoms with Crippen molar-refractivity contribution in [1.29, 1.82) is 0 Å². The van der Waals surface area contributed by atoms with E-state index in [1.165, 1.54) is 7.11 Å². The van der Waals surface area contributed by atoms with Gasteiger partial charge in [-0.1, -0.05) is 0 Å². The smallest absolute Gasteiger partial charge is 0.278 e. The molecule has 9 heteroatoms. The van der Waals surface area contributed by atoms with E-state index in [2.05, 4.69) is 9.97 Å². The summed E-state index contributed by atoms with van der Waals surface area (Å²) in [6.07, 6.45) is 3.21. The van der Waals surface area contributed by atoms with E-state index in [4.69, 9.17) is 10.5 Å². The molecule has 0 unspecified atom stereocenters. The fourth-order valence-corrected chi connectivity index (χ4v) is 3.46. The van der Waals surface area contributed by atoms with Gasteiger partial charge in [-0.3, -0.25) is 9.59 Å². The molecule has 0 spiro atoms. The minimum absolute atomic E-state index is 0.0136. The lowest BCUT2D eigenvalue weighted by molar-refractivity contribution is -0.121. The van der Waals surface area contributed by atoms with Crippen LogP contribution in [0.3, 0.4) is 0 Å². The third-order valence-electron chi connectivity index (χ3n) is 5.10. The van der Waals surface area contributed by atoms with Crippen LogP contribution in [0.1, 0.15) is 65.8 Å². The summed E-state index contributed by atoms with van der Waals surface area (Å²) in [6.45, 7) is -0.868. The van der Waals surface area contributed by atoms with Crippen molar-refractivity contribution in [3.63, 3.8) is 0 Å². The standard InChI is InChI=1S/C17H20F2N4O3/c1-26-15-13(16(25)23-7-17(18,19)6-10(23)14(20)24)21-11(8-2-3-8)12(22-15)9-4-5-9/h8-10H,2-7H2,1H3,(H2,20,24)/t10-/m0/s1. The molecule has 7 nitrogen and oxygen atoms in total. The number of carbonyl (C=O) groups is 2. The first-order chi connectivity index (χ1) is 12.3. The van der Waals surface area contributed by atoms with Gasteiger partial charge >= 0.3 is 0 Å². The Labute approximate surface area is 148 Å². The van der Waals surface area contributed by atoms with Crippen LogP contribution >= 0.6 is 0 Å². The molecule has 1 saturated heterocycles. The third kappa shape index (κ3) is 2.99. The maximum Gasteiger partial charge on any atom is 0.278 e. The number of halogens is 2. The molecule has 3 aliphatic rings. The molecule has 0 radical (unpaired) electrons. The summed E-state index contributed by atoms with van der Waals surface area (Å²) in [5.41, 5.74) is 6.71. The highest BCUT2D eigenvalue weighted by atomic mass is 19.3. The van der Waals surface area contributed by atoms with Gasteiger partial charge in [-0.2, -0.15) is 0 Å². The molecule has 1 aliphatic heterocycles. The highest BCUT2D eigenvalue weighted by Gasteiger charge is 2.50. The molecule has 0 aromatic carbocycles. The molecule has 1 atom stereocenters. The van der Waals surface area contributed by atoms with Crippen LogP contribution in [0, 0.1) is 0 Å². The molecular formula is C17H20F2N4O3. The Bertz CT molecular complexity index is 778. The maximum atomic E-state index is 13.8. The van der Waals surface area contributed by atoms with Gasteiger partial charge in [0, 0.05) is 18.3 Å². The molecule has 2 heterocycles. The van der Waals surface area contributed by atoms with Crippen LogP contribution in [-0.4, -0.2) is 52.3 Å². The number of hydrogen-bond donors (Lipinski definition) is 1. The number of aromatic nitrogens is 2. The minimum atomic E-state index is -3.16. The largest absolute Gasteiger partial charge is 0.479 e. The molecule has 3 fully saturated rings. The maximum absolute atomic E-state index is 13.8. The van der Waals surface area contributed by atoms with E-state index >= 15 is 0 Å². The summed E-state index contributed by atoms with van der Waals surface area (Å²) < 4.78 is 32.8. The summed E-state index contributed by atoms with van der Waals surface area (Å²) in [6, 6.07) is -1.36. The summed E-state index contributed by atoms with van der Waals surface area (Å²) >= 11 is 0. The Morgan fingerprint density at radius 3 is 2.23 bits per heavy atom. The average Bonchev–Trinajstić information content (AvgIpc) is 3.49. The molecule has 2 N–H and O–H groups in total. The van der Waals surface area contributed by atoms with Gasteiger partial charge in [-0.05, 0) is 25.7 Å². The van der Waals surface area contributed by atoms with Crippen LogP contribution < -0.4 is 10.5 Å². The van der Waals surface area contributed by atoms with E-state index in [9.17, 15) is 18.4 Å². The third-order valence-corrected chi connectivity index (χ3v) is 5.10. The molecule has 140 valence electrons.